The first kappa shape index (κ1) is 13.5. The molecule has 1 aliphatic heterocycles. The van der Waals surface area contributed by atoms with Crippen LogP contribution in [0.3, 0.4) is 0 Å². The number of rotatable bonds is 2. The van der Waals surface area contributed by atoms with Gasteiger partial charge < -0.3 is 15.4 Å². The Kier molecular flexibility index (Phi) is 4.31. The quantitative estimate of drug-likeness (QED) is 0.897. The van der Waals surface area contributed by atoms with Crippen LogP contribution in [0, 0.1) is 5.82 Å². The number of halogens is 2. The van der Waals surface area contributed by atoms with Crippen molar-refractivity contribution in [2.24, 2.45) is 5.73 Å². The second-order valence-corrected chi connectivity index (χ2v) is 5.00. The van der Waals surface area contributed by atoms with Crippen LogP contribution in [-0.2, 0) is 4.74 Å². The van der Waals surface area contributed by atoms with Crippen LogP contribution < -0.4 is 5.73 Å². The molecule has 1 amide bonds. The molecule has 0 bridgehead atoms. The molecular formula is C12H14BrFN2O2. The van der Waals surface area contributed by atoms with Gasteiger partial charge >= 0.3 is 0 Å². The molecule has 2 N–H and O–H groups in total. The maximum Gasteiger partial charge on any atom is 0.257 e. The van der Waals surface area contributed by atoms with Crippen molar-refractivity contribution in [2.75, 3.05) is 26.3 Å². The third kappa shape index (κ3) is 2.71. The highest BCUT2D eigenvalue weighted by molar-refractivity contribution is 9.10. The van der Waals surface area contributed by atoms with Gasteiger partial charge in [-0.05, 0) is 18.2 Å². The third-order valence-corrected chi connectivity index (χ3v) is 3.41. The average molecular weight is 317 g/mol. The van der Waals surface area contributed by atoms with Gasteiger partial charge in [-0.15, -0.1) is 0 Å². The predicted octanol–water partition coefficient (Wildman–Crippen LogP) is 1.39. The number of nitrogens with two attached hydrogens (primary N) is 1. The van der Waals surface area contributed by atoms with Crippen LogP contribution in [0.2, 0.25) is 0 Å². The largest absolute Gasteiger partial charge is 0.377 e. The molecule has 2 rings (SSSR count). The summed E-state index contributed by atoms with van der Waals surface area (Å²) in [7, 11) is 0. The summed E-state index contributed by atoms with van der Waals surface area (Å²) < 4.78 is 19.6. The zero-order valence-electron chi connectivity index (χ0n) is 9.73. The maximum absolute atomic E-state index is 13.7. The summed E-state index contributed by atoms with van der Waals surface area (Å²) in [5.74, 6) is -0.863. The molecule has 1 aliphatic rings. The van der Waals surface area contributed by atoms with Gasteiger partial charge in [0.15, 0.2) is 0 Å². The summed E-state index contributed by atoms with van der Waals surface area (Å²) >= 11 is 3.23. The molecule has 1 unspecified atom stereocenters. The minimum Gasteiger partial charge on any atom is -0.377 e. The number of hydrogen-bond acceptors (Lipinski definition) is 3. The fourth-order valence-corrected chi connectivity index (χ4v) is 2.29. The van der Waals surface area contributed by atoms with Gasteiger partial charge in [0.1, 0.15) is 5.82 Å². The standard InChI is InChI=1S/C12H14BrFN2O2/c13-8-1-2-11(14)10(5-8)12(17)16-3-4-18-7-9(16)6-15/h1-2,5,9H,3-4,6-7,15H2. The van der Waals surface area contributed by atoms with Crippen molar-refractivity contribution in [1.29, 1.82) is 0 Å². The first-order chi connectivity index (χ1) is 8.63. The van der Waals surface area contributed by atoms with Crippen molar-refractivity contribution < 1.29 is 13.9 Å². The van der Waals surface area contributed by atoms with E-state index < -0.39 is 5.82 Å². The Bertz CT molecular complexity index is 456. The minimum absolute atomic E-state index is 0.0599. The molecule has 1 aromatic carbocycles. The van der Waals surface area contributed by atoms with E-state index >= 15 is 0 Å². The molecule has 0 aromatic heterocycles. The summed E-state index contributed by atoms with van der Waals surface area (Å²) in [5, 5.41) is 0. The maximum atomic E-state index is 13.7. The van der Waals surface area contributed by atoms with E-state index in [0.717, 1.165) is 0 Å². The number of amides is 1. The van der Waals surface area contributed by atoms with E-state index in [0.29, 0.717) is 30.8 Å². The molecule has 0 aliphatic carbocycles. The van der Waals surface area contributed by atoms with Crippen LogP contribution in [0.15, 0.2) is 22.7 Å². The first-order valence-electron chi connectivity index (χ1n) is 5.67. The van der Waals surface area contributed by atoms with Crippen molar-refractivity contribution in [3.63, 3.8) is 0 Å². The highest BCUT2D eigenvalue weighted by Gasteiger charge is 2.28. The highest BCUT2D eigenvalue weighted by atomic mass is 79.9. The van der Waals surface area contributed by atoms with E-state index in [1.807, 2.05) is 0 Å². The van der Waals surface area contributed by atoms with E-state index in [-0.39, 0.29) is 17.5 Å². The van der Waals surface area contributed by atoms with Crippen LogP contribution in [0.25, 0.3) is 0 Å². The molecule has 18 heavy (non-hydrogen) atoms. The SMILES string of the molecule is NCC1COCCN1C(=O)c1cc(Br)ccc1F. The lowest BCUT2D eigenvalue weighted by molar-refractivity contribution is 0.000596. The summed E-state index contributed by atoms with van der Waals surface area (Å²) in [5.41, 5.74) is 5.66. The zero-order valence-corrected chi connectivity index (χ0v) is 11.3. The van der Waals surface area contributed by atoms with E-state index in [1.165, 1.54) is 12.1 Å². The number of carbonyl (C=O) groups is 1. The average Bonchev–Trinajstić information content (AvgIpc) is 2.40. The Labute approximate surface area is 113 Å². The smallest absolute Gasteiger partial charge is 0.257 e. The second kappa shape index (κ2) is 5.77. The predicted molar refractivity (Wildman–Crippen MR) is 68.8 cm³/mol. The fraction of sp³-hybridized carbons (Fsp3) is 0.417. The summed E-state index contributed by atoms with van der Waals surface area (Å²) in [6, 6.07) is 4.13. The molecule has 1 heterocycles. The molecule has 0 radical (unpaired) electrons. The molecule has 0 spiro atoms. The van der Waals surface area contributed by atoms with Gasteiger partial charge in [0.2, 0.25) is 0 Å². The number of hydrogen-bond donors (Lipinski definition) is 1. The van der Waals surface area contributed by atoms with Crippen LogP contribution in [0.5, 0.6) is 0 Å². The van der Waals surface area contributed by atoms with E-state index in [9.17, 15) is 9.18 Å². The van der Waals surface area contributed by atoms with Gasteiger partial charge in [0.25, 0.3) is 5.91 Å². The van der Waals surface area contributed by atoms with E-state index in [4.69, 9.17) is 10.5 Å². The molecule has 1 atom stereocenters. The van der Waals surface area contributed by atoms with E-state index in [1.54, 1.807) is 11.0 Å². The number of benzene rings is 1. The summed E-state index contributed by atoms with van der Waals surface area (Å²) in [6.45, 7) is 1.60. The van der Waals surface area contributed by atoms with Crippen molar-refractivity contribution >= 4 is 21.8 Å². The van der Waals surface area contributed by atoms with E-state index in [2.05, 4.69) is 15.9 Å². The topological polar surface area (TPSA) is 55.6 Å². The number of nitrogens with zero attached hydrogens (tertiary/aromatic N) is 1. The minimum atomic E-state index is -0.523. The van der Waals surface area contributed by atoms with Crippen molar-refractivity contribution in [3.05, 3.63) is 34.1 Å². The van der Waals surface area contributed by atoms with Crippen molar-refractivity contribution in [1.82, 2.24) is 4.90 Å². The van der Waals surface area contributed by atoms with Crippen LogP contribution in [0.1, 0.15) is 10.4 Å². The lowest BCUT2D eigenvalue weighted by Gasteiger charge is -2.35. The molecule has 1 saturated heterocycles. The molecule has 6 heteroatoms. The van der Waals surface area contributed by atoms with Gasteiger partial charge in [-0.25, -0.2) is 4.39 Å². The second-order valence-electron chi connectivity index (χ2n) is 4.09. The van der Waals surface area contributed by atoms with Gasteiger partial charge in [-0.1, -0.05) is 15.9 Å². The van der Waals surface area contributed by atoms with Crippen molar-refractivity contribution in [2.45, 2.75) is 6.04 Å². The molecule has 1 aromatic rings. The van der Waals surface area contributed by atoms with Crippen LogP contribution in [0.4, 0.5) is 4.39 Å². The number of morpholine rings is 1. The van der Waals surface area contributed by atoms with Crippen LogP contribution in [-0.4, -0.2) is 43.2 Å². The van der Waals surface area contributed by atoms with Gasteiger partial charge in [0, 0.05) is 17.6 Å². The number of ether oxygens (including phenoxy) is 1. The lowest BCUT2D eigenvalue weighted by atomic mass is 10.1. The fourth-order valence-electron chi connectivity index (χ4n) is 1.93. The Morgan fingerprint density at radius 1 is 1.61 bits per heavy atom. The van der Waals surface area contributed by atoms with Gasteiger partial charge in [-0.2, -0.15) is 0 Å². The molecule has 4 nitrogen and oxygen atoms in total. The molecule has 98 valence electrons. The molecule has 0 saturated carbocycles. The Hall–Kier alpha value is -0.980. The molecule has 1 fully saturated rings. The van der Waals surface area contributed by atoms with Crippen LogP contribution >= 0.6 is 15.9 Å². The van der Waals surface area contributed by atoms with Gasteiger partial charge in [0.05, 0.1) is 24.8 Å². The Balaban J connectivity index is 2.26. The molecular weight excluding hydrogens is 303 g/mol. The summed E-state index contributed by atoms with van der Waals surface area (Å²) in [4.78, 5) is 13.9. The highest BCUT2D eigenvalue weighted by Crippen LogP contribution is 2.19. The first-order valence-corrected chi connectivity index (χ1v) is 6.46. The normalized spacial score (nSPS) is 19.9. The monoisotopic (exact) mass is 316 g/mol. The Morgan fingerprint density at radius 3 is 3.11 bits per heavy atom. The van der Waals surface area contributed by atoms with Gasteiger partial charge in [-0.3, -0.25) is 4.79 Å². The van der Waals surface area contributed by atoms with Crippen molar-refractivity contribution in [3.8, 4) is 0 Å². The number of carbonyl (C=O) groups excluding carboxylic acids is 1. The lowest BCUT2D eigenvalue weighted by Crippen LogP contribution is -2.52. The zero-order chi connectivity index (χ0) is 13.1. The summed E-state index contributed by atoms with van der Waals surface area (Å²) in [6.07, 6.45) is 0. The Morgan fingerprint density at radius 2 is 2.39 bits per heavy atom. The third-order valence-electron chi connectivity index (χ3n) is 2.92.